The molecule has 0 amide bonds. The molecule has 2 rings (SSSR count). The summed E-state index contributed by atoms with van der Waals surface area (Å²) in [5, 5.41) is 9.59. The zero-order valence-corrected chi connectivity index (χ0v) is 10.7. The van der Waals surface area contributed by atoms with Crippen molar-refractivity contribution in [1.29, 1.82) is 0 Å². The van der Waals surface area contributed by atoms with Gasteiger partial charge in [0, 0.05) is 24.4 Å². The number of nitrogens with zero attached hydrogens (tertiary/aromatic N) is 1. The van der Waals surface area contributed by atoms with E-state index in [4.69, 9.17) is 4.74 Å². The Morgan fingerprint density at radius 3 is 2.68 bits per heavy atom. The Bertz CT molecular complexity index is 529. The summed E-state index contributed by atoms with van der Waals surface area (Å²) in [4.78, 5) is 3.94. The van der Waals surface area contributed by atoms with E-state index in [9.17, 15) is 9.50 Å². The van der Waals surface area contributed by atoms with E-state index >= 15 is 0 Å². The van der Waals surface area contributed by atoms with Gasteiger partial charge in [-0.3, -0.25) is 4.98 Å². The maximum Gasteiger partial charge on any atom is 0.125 e. The zero-order valence-electron chi connectivity index (χ0n) is 10.7. The van der Waals surface area contributed by atoms with E-state index in [-0.39, 0.29) is 5.82 Å². The van der Waals surface area contributed by atoms with E-state index in [1.807, 2.05) is 12.1 Å². The van der Waals surface area contributed by atoms with E-state index in [0.29, 0.717) is 17.9 Å². The van der Waals surface area contributed by atoms with Crippen molar-refractivity contribution in [2.75, 3.05) is 6.61 Å². The molecule has 0 spiro atoms. The number of halogens is 1. The van der Waals surface area contributed by atoms with Gasteiger partial charge in [-0.05, 0) is 42.8 Å². The fourth-order valence-corrected chi connectivity index (χ4v) is 1.81. The molecule has 1 heterocycles. The molecule has 2 aromatic rings. The summed E-state index contributed by atoms with van der Waals surface area (Å²) < 4.78 is 18.7. The average molecular weight is 261 g/mol. The van der Waals surface area contributed by atoms with Crippen LogP contribution in [0.1, 0.15) is 24.2 Å². The number of ether oxygens (including phenoxy) is 1. The predicted octanol–water partition coefficient (Wildman–Crippen LogP) is 2.90. The molecule has 19 heavy (non-hydrogen) atoms. The number of rotatable bonds is 5. The predicted molar refractivity (Wildman–Crippen MR) is 70.5 cm³/mol. The summed E-state index contributed by atoms with van der Waals surface area (Å²) in [5.74, 6) is 0.142. The summed E-state index contributed by atoms with van der Waals surface area (Å²) in [6.07, 6.45) is 3.44. The van der Waals surface area contributed by atoms with Gasteiger partial charge in [-0.1, -0.05) is 0 Å². The van der Waals surface area contributed by atoms with Crippen LogP contribution in [0.5, 0.6) is 5.75 Å². The Hall–Kier alpha value is -1.94. The second kappa shape index (κ2) is 6.29. The molecule has 1 aromatic carbocycles. The Morgan fingerprint density at radius 1 is 1.26 bits per heavy atom. The third-order valence-corrected chi connectivity index (χ3v) is 2.82. The molecule has 0 saturated heterocycles. The number of hydrogen-bond donors (Lipinski definition) is 1. The molecule has 1 unspecified atom stereocenters. The van der Waals surface area contributed by atoms with Crippen LogP contribution < -0.4 is 4.74 Å². The lowest BCUT2D eigenvalue weighted by Gasteiger charge is -2.13. The molecule has 0 aliphatic rings. The first-order chi connectivity index (χ1) is 9.16. The minimum Gasteiger partial charge on any atom is -0.493 e. The number of aromatic nitrogens is 1. The SMILES string of the molecule is CC(O)c1cc(F)ccc1OCCc1ccncc1. The Morgan fingerprint density at radius 2 is 2.00 bits per heavy atom. The van der Waals surface area contributed by atoms with E-state index in [0.717, 1.165) is 12.0 Å². The van der Waals surface area contributed by atoms with Crippen LogP contribution in [0.2, 0.25) is 0 Å². The Balaban J connectivity index is 2.00. The van der Waals surface area contributed by atoms with Gasteiger partial charge in [0.15, 0.2) is 0 Å². The summed E-state index contributed by atoms with van der Waals surface area (Å²) in [6, 6.07) is 8.01. The van der Waals surface area contributed by atoms with E-state index in [2.05, 4.69) is 4.98 Å². The maximum absolute atomic E-state index is 13.1. The number of aliphatic hydroxyl groups is 1. The molecule has 100 valence electrons. The minimum atomic E-state index is -0.758. The number of pyridine rings is 1. The van der Waals surface area contributed by atoms with Crippen LogP contribution in [0.4, 0.5) is 4.39 Å². The first-order valence-electron chi connectivity index (χ1n) is 6.16. The molecule has 0 radical (unpaired) electrons. The van der Waals surface area contributed by atoms with Crippen molar-refractivity contribution in [3.63, 3.8) is 0 Å². The molecule has 0 saturated carbocycles. The van der Waals surface area contributed by atoms with Gasteiger partial charge in [0.2, 0.25) is 0 Å². The van der Waals surface area contributed by atoms with Gasteiger partial charge in [0.25, 0.3) is 0 Å². The minimum absolute atomic E-state index is 0.377. The van der Waals surface area contributed by atoms with Crippen molar-refractivity contribution in [3.05, 3.63) is 59.7 Å². The molecule has 1 atom stereocenters. The Labute approximate surface area is 111 Å². The van der Waals surface area contributed by atoms with Crippen molar-refractivity contribution in [2.45, 2.75) is 19.4 Å². The largest absolute Gasteiger partial charge is 0.493 e. The highest BCUT2D eigenvalue weighted by atomic mass is 19.1. The van der Waals surface area contributed by atoms with Crippen molar-refractivity contribution < 1.29 is 14.2 Å². The smallest absolute Gasteiger partial charge is 0.125 e. The van der Waals surface area contributed by atoms with Gasteiger partial charge >= 0.3 is 0 Å². The lowest BCUT2D eigenvalue weighted by atomic mass is 10.1. The second-order valence-corrected chi connectivity index (χ2v) is 4.31. The summed E-state index contributed by atoms with van der Waals surface area (Å²) in [5.41, 5.74) is 1.59. The number of aliphatic hydroxyl groups excluding tert-OH is 1. The lowest BCUT2D eigenvalue weighted by molar-refractivity contribution is 0.191. The molecule has 1 aromatic heterocycles. The fourth-order valence-electron chi connectivity index (χ4n) is 1.81. The van der Waals surface area contributed by atoms with Crippen LogP contribution >= 0.6 is 0 Å². The van der Waals surface area contributed by atoms with Crippen LogP contribution in [-0.4, -0.2) is 16.7 Å². The van der Waals surface area contributed by atoms with Crippen molar-refractivity contribution in [2.24, 2.45) is 0 Å². The molecule has 0 aliphatic heterocycles. The average Bonchev–Trinajstić information content (AvgIpc) is 2.41. The number of benzene rings is 1. The molecule has 4 heteroatoms. The molecule has 3 nitrogen and oxygen atoms in total. The third kappa shape index (κ3) is 3.76. The van der Waals surface area contributed by atoms with Crippen molar-refractivity contribution >= 4 is 0 Å². The van der Waals surface area contributed by atoms with Gasteiger partial charge in [-0.25, -0.2) is 4.39 Å². The van der Waals surface area contributed by atoms with Crippen LogP contribution in [0.25, 0.3) is 0 Å². The monoisotopic (exact) mass is 261 g/mol. The van der Waals surface area contributed by atoms with Gasteiger partial charge in [0.05, 0.1) is 12.7 Å². The highest BCUT2D eigenvalue weighted by Gasteiger charge is 2.10. The van der Waals surface area contributed by atoms with Gasteiger partial charge < -0.3 is 9.84 Å². The van der Waals surface area contributed by atoms with Gasteiger partial charge in [0.1, 0.15) is 11.6 Å². The third-order valence-electron chi connectivity index (χ3n) is 2.82. The topological polar surface area (TPSA) is 42.4 Å². The summed E-state index contributed by atoms with van der Waals surface area (Å²) in [7, 11) is 0. The molecule has 1 N–H and O–H groups in total. The van der Waals surface area contributed by atoms with E-state index < -0.39 is 6.10 Å². The highest BCUT2D eigenvalue weighted by Crippen LogP contribution is 2.26. The van der Waals surface area contributed by atoms with Crippen molar-refractivity contribution in [1.82, 2.24) is 4.98 Å². The zero-order chi connectivity index (χ0) is 13.7. The Kier molecular flexibility index (Phi) is 4.47. The molecule has 0 aliphatic carbocycles. The van der Waals surface area contributed by atoms with Crippen LogP contribution in [0.15, 0.2) is 42.7 Å². The number of hydrogen-bond acceptors (Lipinski definition) is 3. The molecular weight excluding hydrogens is 245 g/mol. The van der Waals surface area contributed by atoms with Crippen LogP contribution in [0, 0.1) is 5.82 Å². The van der Waals surface area contributed by atoms with Crippen molar-refractivity contribution in [3.8, 4) is 5.75 Å². The first kappa shape index (κ1) is 13.5. The van der Waals surface area contributed by atoms with Crippen LogP contribution in [0.3, 0.4) is 0 Å². The summed E-state index contributed by atoms with van der Waals surface area (Å²) >= 11 is 0. The highest BCUT2D eigenvalue weighted by molar-refractivity contribution is 5.35. The van der Waals surface area contributed by atoms with E-state index in [1.165, 1.54) is 12.1 Å². The molecule has 0 fully saturated rings. The lowest BCUT2D eigenvalue weighted by Crippen LogP contribution is -2.05. The van der Waals surface area contributed by atoms with Crippen LogP contribution in [-0.2, 0) is 6.42 Å². The maximum atomic E-state index is 13.1. The van der Waals surface area contributed by atoms with E-state index in [1.54, 1.807) is 25.4 Å². The second-order valence-electron chi connectivity index (χ2n) is 4.31. The van der Waals surface area contributed by atoms with Gasteiger partial charge in [-0.2, -0.15) is 0 Å². The first-order valence-corrected chi connectivity index (χ1v) is 6.16. The summed E-state index contributed by atoms with van der Waals surface area (Å²) in [6.45, 7) is 2.06. The fraction of sp³-hybridized carbons (Fsp3) is 0.267. The molecular formula is C15H16FNO2. The standard InChI is InChI=1S/C15H16FNO2/c1-11(18)14-10-13(16)2-3-15(14)19-9-6-12-4-7-17-8-5-12/h2-5,7-8,10-11,18H,6,9H2,1H3. The normalized spacial score (nSPS) is 12.2. The van der Waals surface area contributed by atoms with Gasteiger partial charge in [-0.15, -0.1) is 0 Å². The molecule has 0 bridgehead atoms. The quantitative estimate of drug-likeness (QED) is 0.899.